The van der Waals surface area contributed by atoms with Crippen LogP contribution < -0.4 is 5.32 Å². The van der Waals surface area contributed by atoms with E-state index < -0.39 is 0 Å². The lowest BCUT2D eigenvalue weighted by atomic mass is 10.1. The second-order valence-corrected chi connectivity index (χ2v) is 5.73. The summed E-state index contributed by atoms with van der Waals surface area (Å²) in [7, 11) is 0. The molecule has 0 bridgehead atoms. The molecule has 0 spiro atoms. The highest BCUT2D eigenvalue weighted by Crippen LogP contribution is 2.28. The molecule has 96 valence electrons. The monoisotopic (exact) mass is 375 g/mol. The van der Waals surface area contributed by atoms with E-state index in [1.165, 1.54) is 6.07 Å². The molecular formula is C13H12Br2FNO. The van der Waals surface area contributed by atoms with Gasteiger partial charge in [0.2, 0.25) is 0 Å². The van der Waals surface area contributed by atoms with Gasteiger partial charge in [-0.1, -0.05) is 0 Å². The first-order valence-electron chi connectivity index (χ1n) is 5.45. The molecule has 1 aromatic heterocycles. The summed E-state index contributed by atoms with van der Waals surface area (Å²) in [5.74, 6) is 0.563. The Morgan fingerprint density at radius 2 is 2.00 bits per heavy atom. The molecule has 0 radical (unpaired) electrons. The minimum Gasteiger partial charge on any atom is -0.452 e. The van der Waals surface area contributed by atoms with Gasteiger partial charge in [0.25, 0.3) is 0 Å². The SMILES string of the molecule is Cc1cc(F)c(Br)cc1NC(C)c1ccc(Br)o1. The molecule has 1 atom stereocenters. The molecule has 1 aromatic carbocycles. The van der Waals surface area contributed by atoms with Crippen molar-refractivity contribution in [3.05, 3.63) is 50.5 Å². The van der Waals surface area contributed by atoms with Gasteiger partial charge in [0, 0.05) is 5.69 Å². The summed E-state index contributed by atoms with van der Waals surface area (Å²) in [4.78, 5) is 0. The maximum Gasteiger partial charge on any atom is 0.169 e. The van der Waals surface area contributed by atoms with Crippen molar-refractivity contribution in [3.8, 4) is 0 Å². The van der Waals surface area contributed by atoms with Crippen LogP contribution >= 0.6 is 31.9 Å². The summed E-state index contributed by atoms with van der Waals surface area (Å²) in [6.07, 6.45) is 0. The molecule has 1 N–H and O–H groups in total. The summed E-state index contributed by atoms with van der Waals surface area (Å²) in [6.45, 7) is 3.85. The summed E-state index contributed by atoms with van der Waals surface area (Å²) in [5.41, 5.74) is 1.73. The van der Waals surface area contributed by atoms with E-state index in [1.807, 2.05) is 26.0 Å². The molecule has 1 unspecified atom stereocenters. The zero-order valence-corrected chi connectivity index (χ0v) is 13.1. The Labute approximate surface area is 122 Å². The van der Waals surface area contributed by atoms with Crippen LogP contribution in [0.1, 0.15) is 24.3 Å². The number of halogens is 3. The highest BCUT2D eigenvalue weighted by Gasteiger charge is 2.12. The lowest BCUT2D eigenvalue weighted by Gasteiger charge is -2.15. The Hall–Kier alpha value is -0.810. The van der Waals surface area contributed by atoms with Crippen LogP contribution in [0.5, 0.6) is 0 Å². The van der Waals surface area contributed by atoms with Crippen molar-refractivity contribution in [1.82, 2.24) is 0 Å². The summed E-state index contributed by atoms with van der Waals surface area (Å²) >= 11 is 6.45. The van der Waals surface area contributed by atoms with Crippen molar-refractivity contribution in [2.24, 2.45) is 0 Å². The van der Waals surface area contributed by atoms with Crippen LogP contribution in [0.3, 0.4) is 0 Å². The number of nitrogens with one attached hydrogen (secondary N) is 1. The Balaban J connectivity index is 2.21. The van der Waals surface area contributed by atoms with Crippen molar-refractivity contribution in [2.75, 3.05) is 5.32 Å². The molecular weight excluding hydrogens is 365 g/mol. The van der Waals surface area contributed by atoms with Gasteiger partial charge in [-0.05, 0) is 75.5 Å². The van der Waals surface area contributed by atoms with E-state index in [9.17, 15) is 4.39 Å². The molecule has 0 aliphatic carbocycles. The van der Waals surface area contributed by atoms with E-state index in [-0.39, 0.29) is 11.9 Å². The Morgan fingerprint density at radius 3 is 2.61 bits per heavy atom. The van der Waals surface area contributed by atoms with Gasteiger partial charge < -0.3 is 9.73 Å². The molecule has 1 heterocycles. The summed E-state index contributed by atoms with van der Waals surface area (Å²) < 4.78 is 19.9. The summed E-state index contributed by atoms with van der Waals surface area (Å²) in [6, 6.07) is 6.99. The number of anilines is 1. The lowest BCUT2D eigenvalue weighted by molar-refractivity contribution is 0.471. The van der Waals surface area contributed by atoms with Crippen molar-refractivity contribution in [3.63, 3.8) is 0 Å². The zero-order valence-electron chi connectivity index (χ0n) is 9.93. The molecule has 0 aliphatic rings. The van der Waals surface area contributed by atoms with Crippen molar-refractivity contribution in [1.29, 1.82) is 0 Å². The maximum atomic E-state index is 13.3. The lowest BCUT2D eigenvalue weighted by Crippen LogP contribution is -2.07. The van der Waals surface area contributed by atoms with E-state index >= 15 is 0 Å². The molecule has 2 aromatic rings. The topological polar surface area (TPSA) is 25.2 Å². The van der Waals surface area contributed by atoms with Crippen LogP contribution in [0.15, 0.2) is 37.8 Å². The van der Waals surface area contributed by atoms with Crippen molar-refractivity contribution in [2.45, 2.75) is 19.9 Å². The number of benzene rings is 1. The zero-order chi connectivity index (χ0) is 13.3. The van der Waals surface area contributed by atoms with Gasteiger partial charge in [0.05, 0.1) is 10.5 Å². The van der Waals surface area contributed by atoms with Gasteiger partial charge in [-0.2, -0.15) is 0 Å². The summed E-state index contributed by atoms with van der Waals surface area (Å²) in [5, 5.41) is 3.30. The number of furan rings is 1. The Morgan fingerprint density at radius 1 is 1.28 bits per heavy atom. The molecule has 5 heteroatoms. The van der Waals surface area contributed by atoms with Crippen LogP contribution in [0.2, 0.25) is 0 Å². The van der Waals surface area contributed by atoms with Crippen LogP contribution in [-0.2, 0) is 0 Å². The first-order valence-corrected chi connectivity index (χ1v) is 7.03. The molecule has 2 rings (SSSR count). The highest BCUT2D eigenvalue weighted by atomic mass is 79.9. The number of hydrogen-bond donors (Lipinski definition) is 1. The van der Waals surface area contributed by atoms with Crippen molar-refractivity contribution >= 4 is 37.5 Å². The highest BCUT2D eigenvalue weighted by molar-refractivity contribution is 9.10. The molecule has 18 heavy (non-hydrogen) atoms. The average Bonchev–Trinajstić information content (AvgIpc) is 2.73. The fourth-order valence-electron chi connectivity index (χ4n) is 1.67. The van der Waals surface area contributed by atoms with E-state index in [2.05, 4.69) is 37.2 Å². The minimum absolute atomic E-state index is 0.00682. The van der Waals surface area contributed by atoms with E-state index in [1.54, 1.807) is 6.07 Å². The van der Waals surface area contributed by atoms with Gasteiger partial charge in [-0.15, -0.1) is 0 Å². The molecule has 0 saturated carbocycles. The average molecular weight is 377 g/mol. The molecule has 0 aliphatic heterocycles. The number of hydrogen-bond acceptors (Lipinski definition) is 2. The third kappa shape index (κ3) is 2.95. The second kappa shape index (κ2) is 5.45. The standard InChI is InChI=1S/C13H12Br2FNO/c1-7-5-10(16)9(14)6-11(7)17-8(2)12-3-4-13(15)18-12/h3-6,8,17H,1-2H3. The van der Waals surface area contributed by atoms with E-state index in [0.29, 0.717) is 9.14 Å². The fraction of sp³-hybridized carbons (Fsp3) is 0.231. The van der Waals surface area contributed by atoms with Crippen LogP contribution in [0.25, 0.3) is 0 Å². The van der Waals surface area contributed by atoms with Crippen LogP contribution in [0, 0.1) is 12.7 Å². The van der Waals surface area contributed by atoms with Gasteiger partial charge >= 0.3 is 0 Å². The fourth-order valence-corrected chi connectivity index (χ4v) is 2.33. The normalized spacial score (nSPS) is 12.5. The first-order chi connectivity index (χ1) is 8.47. The number of aryl methyl sites for hydroxylation is 1. The van der Waals surface area contributed by atoms with Gasteiger partial charge in [0.1, 0.15) is 11.6 Å². The second-order valence-electron chi connectivity index (χ2n) is 4.09. The Bertz CT molecular complexity index is 568. The van der Waals surface area contributed by atoms with Crippen LogP contribution in [0.4, 0.5) is 10.1 Å². The van der Waals surface area contributed by atoms with Gasteiger partial charge in [-0.3, -0.25) is 0 Å². The minimum atomic E-state index is -0.258. The third-order valence-corrected chi connectivity index (χ3v) is 3.69. The van der Waals surface area contributed by atoms with Gasteiger partial charge in [-0.25, -0.2) is 4.39 Å². The van der Waals surface area contributed by atoms with E-state index in [4.69, 9.17) is 4.42 Å². The van der Waals surface area contributed by atoms with Crippen LogP contribution in [-0.4, -0.2) is 0 Å². The molecule has 0 amide bonds. The van der Waals surface area contributed by atoms with Crippen molar-refractivity contribution < 1.29 is 8.81 Å². The molecule has 2 nitrogen and oxygen atoms in total. The number of rotatable bonds is 3. The quantitative estimate of drug-likeness (QED) is 0.773. The smallest absolute Gasteiger partial charge is 0.169 e. The Kier molecular flexibility index (Phi) is 4.12. The van der Waals surface area contributed by atoms with Gasteiger partial charge in [0.15, 0.2) is 4.67 Å². The third-order valence-electron chi connectivity index (χ3n) is 2.66. The molecule has 0 fully saturated rings. The predicted molar refractivity (Wildman–Crippen MR) is 77.3 cm³/mol. The predicted octanol–water partition coefficient (Wildman–Crippen LogP) is 5.43. The maximum absolute atomic E-state index is 13.3. The largest absolute Gasteiger partial charge is 0.452 e. The first kappa shape index (κ1) is 13.6. The van der Waals surface area contributed by atoms with E-state index in [0.717, 1.165) is 17.0 Å². The molecule has 0 saturated heterocycles.